The summed E-state index contributed by atoms with van der Waals surface area (Å²) >= 11 is 0. The molecule has 6 nitrogen and oxygen atoms in total. The van der Waals surface area contributed by atoms with Crippen LogP contribution in [0, 0.1) is 5.41 Å². The van der Waals surface area contributed by atoms with Gasteiger partial charge in [-0.1, -0.05) is 13.8 Å². The molecule has 2 aromatic rings. The van der Waals surface area contributed by atoms with Crippen LogP contribution in [0.5, 0.6) is 11.5 Å². The summed E-state index contributed by atoms with van der Waals surface area (Å²) < 4.78 is 12.4. The first kappa shape index (κ1) is 18.6. The van der Waals surface area contributed by atoms with Crippen molar-refractivity contribution in [3.05, 3.63) is 45.7 Å². The number of aromatic nitrogens is 1. The van der Waals surface area contributed by atoms with Gasteiger partial charge in [-0.25, -0.2) is 4.79 Å². The second-order valence-electron chi connectivity index (χ2n) is 8.63. The predicted octanol–water partition coefficient (Wildman–Crippen LogP) is 3.48. The molecule has 0 saturated heterocycles. The highest BCUT2D eigenvalue weighted by Crippen LogP contribution is 2.58. The van der Waals surface area contributed by atoms with Crippen molar-refractivity contribution >= 4 is 5.97 Å². The lowest BCUT2D eigenvalue weighted by molar-refractivity contribution is -0.00263. The number of carbonyl (C=O) groups is 1. The summed E-state index contributed by atoms with van der Waals surface area (Å²) in [6, 6.07) is 5.00. The number of phenolic OH excluding ortho intramolecular Hbond substituents is 1. The van der Waals surface area contributed by atoms with Crippen molar-refractivity contribution in [3.8, 4) is 22.8 Å². The van der Waals surface area contributed by atoms with E-state index >= 15 is 0 Å². The fourth-order valence-electron chi connectivity index (χ4n) is 5.12. The van der Waals surface area contributed by atoms with Gasteiger partial charge in [0.05, 0.1) is 19.4 Å². The molecule has 2 heterocycles. The monoisotopic (exact) mass is 383 g/mol. The number of aromatic hydroxyl groups is 1. The molecule has 0 bridgehead atoms. The van der Waals surface area contributed by atoms with Crippen molar-refractivity contribution in [2.75, 3.05) is 13.7 Å². The van der Waals surface area contributed by atoms with Crippen LogP contribution < -0.4 is 10.2 Å². The number of hydrogen-bond acceptors (Lipinski definition) is 5. The van der Waals surface area contributed by atoms with E-state index in [2.05, 4.69) is 18.4 Å². The van der Waals surface area contributed by atoms with E-state index in [-0.39, 0.29) is 34.3 Å². The van der Waals surface area contributed by atoms with Crippen molar-refractivity contribution in [1.82, 2.24) is 4.57 Å². The number of fused-ring (bicyclic) bond motifs is 4. The molecule has 1 aliphatic carbocycles. The number of hydrogen-bond donors (Lipinski definition) is 1. The maximum absolute atomic E-state index is 12.7. The predicted molar refractivity (Wildman–Crippen MR) is 105 cm³/mol. The Labute approximate surface area is 163 Å². The first-order valence-electron chi connectivity index (χ1n) is 9.54. The minimum atomic E-state index is -0.592. The Morgan fingerprint density at radius 2 is 1.96 bits per heavy atom. The number of rotatable bonds is 3. The van der Waals surface area contributed by atoms with E-state index < -0.39 is 5.97 Å². The van der Waals surface area contributed by atoms with Crippen LogP contribution in [0.4, 0.5) is 0 Å². The zero-order valence-electron chi connectivity index (χ0n) is 16.7. The van der Waals surface area contributed by atoms with Gasteiger partial charge >= 0.3 is 5.97 Å². The lowest BCUT2D eigenvalue weighted by Crippen LogP contribution is -2.54. The van der Waals surface area contributed by atoms with E-state index in [1.54, 1.807) is 25.3 Å². The Hall–Kier alpha value is -2.76. The normalized spacial score (nSPS) is 18.0. The first-order chi connectivity index (χ1) is 13.2. The summed E-state index contributed by atoms with van der Waals surface area (Å²) in [6.45, 7) is 6.37. The molecule has 1 aromatic carbocycles. The minimum Gasteiger partial charge on any atom is -0.504 e. The molecule has 148 valence electrons. The standard InChI is InChI=1S/C22H25NO5/c1-5-28-20(26)15-10-23-16(8-17(15)24)14-7-19(27-4)18(25)6-13(14)9-22(23)11-21(2,3)12-22/h6-8,10,25H,5,9,11-12H2,1-4H3. The summed E-state index contributed by atoms with van der Waals surface area (Å²) in [5.41, 5.74) is 2.23. The van der Waals surface area contributed by atoms with E-state index in [0.717, 1.165) is 36.1 Å². The van der Waals surface area contributed by atoms with Gasteiger partial charge in [0.15, 0.2) is 16.9 Å². The topological polar surface area (TPSA) is 77.8 Å². The maximum Gasteiger partial charge on any atom is 0.343 e. The van der Waals surface area contributed by atoms with Crippen LogP contribution in [0.25, 0.3) is 11.3 Å². The molecule has 1 aromatic heterocycles. The van der Waals surface area contributed by atoms with Gasteiger partial charge in [0.25, 0.3) is 0 Å². The summed E-state index contributed by atoms with van der Waals surface area (Å²) in [7, 11) is 1.50. The van der Waals surface area contributed by atoms with Crippen LogP contribution in [0.3, 0.4) is 0 Å². The molecular formula is C22H25NO5. The number of methoxy groups -OCH3 is 1. The molecule has 2 aliphatic rings. The molecule has 4 rings (SSSR count). The maximum atomic E-state index is 12.7. The first-order valence-corrected chi connectivity index (χ1v) is 9.54. The molecule has 0 unspecified atom stereocenters. The van der Waals surface area contributed by atoms with Crippen LogP contribution in [0.1, 0.15) is 49.5 Å². The van der Waals surface area contributed by atoms with Crippen molar-refractivity contribution < 1.29 is 19.4 Å². The molecule has 1 N–H and O–H groups in total. The molecule has 1 saturated carbocycles. The highest BCUT2D eigenvalue weighted by atomic mass is 16.5. The van der Waals surface area contributed by atoms with Crippen molar-refractivity contribution in [1.29, 1.82) is 0 Å². The van der Waals surface area contributed by atoms with Gasteiger partial charge in [0.1, 0.15) is 5.56 Å². The fraction of sp³-hybridized carbons (Fsp3) is 0.455. The molecule has 0 atom stereocenters. The van der Waals surface area contributed by atoms with E-state index in [0.29, 0.717) is 5.75 Å². The van der Waals surface area contributed by atoms with E-state index in [1.807, 2.05) is 0 Å². The lowest BCUT2D eigenvalue weighted by Gasteiger charge is -2.57. The second kappa shape index (κ2) is 6.12. The molecule has 28 heavy (non-hydrogen) atoms. The SMILES string of the molecule is CCOC(=O)c1cn2c(cc1=O)-c1cc(OC)c(O)cc1CC21CC(C)(C)C1. The summed E-state index contributed by atoms with van der Waals surface area (Å²) in [4.78, 5) is 25.0. The van der Waals surface area contributed by atoms with Gasteiger partial charge in [0, 0.05) is 23.4 Å². The molecule has 1 aliphatic heterocycles. The number of phenols is 1. The number of carbonyl (C=O) groups excluding carboxylic acids is 1. The van der Waals surface area contributed by atoms with Gasteiger partial charge in [-0.2, -0.15) is 0 Å². The summed E-state index contributed by atoms with van der Waals surface area (Å²) in [6.07, 6.45) is 4.23. The smallest absolute Gasteiger partial charge is 0.343 e. The van der Waals surface area contributed by atoms with Crippen molar-refractivity contribution in [3.63, 3.8) is 0 Å². The molecule has 6 heteroatoms. The van der Waals surface area contributed by atoms with Gasteiger partial charge in [-0.15, -0.1) is 0 Å². The average molecular weight is 383 g/mol. The van der Waals surface area contributed by atoms with Crippen LogP contribution in [-0.2, 0) is 16.7 Å². The molecule has 1 fully saturated rings. The minimum absolute atomic E-state index is 0.0591. The number of benzene rings is 1. The Morgan fingerprint density at radius 3 is 2.57 bits per heavy atom. The Kier molecular flexibility index (Phi) is 4.07. The number of nitrogens with zero attached hydrogens (tertiary/aromatic N) is 1. The third-order valence-electron chi connectivity index (χ3n) is 5.87. The molecule has 0 radical (unpaired) electrons. The van der Waals surface area contributed by atoms with Crippen LogP contribution in [-0.4, -0.2) is 29.4 Å². The van der Waals surface area contributed by atoms with Crippen molar-refractivity contribution in [2.45, 2.75) is 45.6 Å². The number of esters is 1. The lowest BCUT2D eigenvalue weighted by atomic mass is 9.56. The Morgan fingerprint density at radius 1 is 1.25 bits per heavy atom. The molecule has 0 amide bonds. The van der Waals surface area contributed by atoms with Gasteiger partial charge in [0.2, 0.25) is 0 Å². The largest absolute Gasteiger partial charge is 0.504 e. The number of ether oxygens (including phenoxy) is 2. The van der Waals surface area contributed by atoms with Crippen LogP contribution in [0.15, 0.2) is 29.2 Å². The Bertz CT molecular complexity index is 1030. The highest BCUT2D eigenvalue weighted by molar-refractivity contribution is 5.89. The molecular weight excluding hydrogens is 358 g/mol. The average Bonchev–Trinajstić information content (AvgIpc) is 2.59. The van der Waals surface area contributed by atoms with E-state index in [1.165, 1.54) is 13.2 Å². The van der Waals surface area contributed by atoms with Gasteiger partial charge in [-0.05, 0) is 49.3 Å². The number of pyridine rings is 1. The van der Waals surface area contributed by atoms with Gasteiger partial charge < -0.3 is 19.1 Å². The Balaban J connectivity index is 1.95. The van der Waals surface area contributed by atoms with E-state index in [4.69, 9.17) is 9.47 Å². The fourth-order valence-corrected chi connectivity index (χ4v) is 5.12. The van der Waals surface area contributed by atoms with Crippen molar-refractivity contribution in [2.24, 2.45) is 5.41 Å². The third kappa shape index (κ3) is 2.70. The van der Waals surface area contributed by atoms with Gasteiger partial charge in [-0.3, -0.25) is 4.79 Å². The zero-order chi connectivity index (χ0) is 20.3. The summed E-state index contributed by atoms with van der Waals surface area (Å²) in [5, 5.41) is 10.3. The highest BCUT2D eigenvalue weighted by Gasteiger charge is 2.52. The second-order valence-corrected chi connectivity index (χ2v) is 8.63. The van der Waals surface area contributed by atoms with E-state index in [9.17, 15) is 14.7 Å². The summed E-state index contributed by atoms with van der Waals surface area (Å²) in [5.74, 6) is -0.142. The van der Waals surface area contributed by atoms with Crippen LogP contribution >= 0.6 is 0 Å². The van der Waals surface area contributed by atoms with Crippen LogP contribution in [0.2, 0.25) is 0 Å². The molecule has 1 spiro atoms. The zero-order valence-corrected chi connectivity index (χ0v) is 16.7. The quantitative estimate of drug-likeness (QED) is 0.821. The third-order valence-corrected chi connectivity index (χ3v) is 5.87.